The maximum atomic E-state index is 15.4. The molecular formula is C34H40F4N6O2. The lowest BCUT2D eigenvalue weighted by Gasteiger charge is -2.35. The van der Waals surface area contributed by atoms with Crippen molar-refractivity contribution in [2.75, 3.05) is 83.3 Å². The normalized spacial score (nSPS) is 18.5. The van der Waals surface area contributed by atoms with Gasteiger partial charge in [0.15, 0.2) is 0 Å². The van der Waals surface area contributed by atoms with E-state index < -0.39 is 29.0 Å². The maximum absolute atomic E-state index is 15.4. The third kappa shape index (κ3) is 7.62. The second-order valence-electron chi connectivity index (χ2n) is 12.6. The molecule has 2 saturated heterocycles. The van der Waals surface area contributed by atoms with Gasteiger partial charge in [-0.3, -0.25) is 9.69 Å². The highest BCUT2D eigenvalue weighted by Gasteiger charge is 2.36. The molecule has 3 heterocycles. The number of piperazine rings is 2. The molecule has 246 valence electrons. The summed E-state index contributed by atoms with van der Waals surface area (Å²) in [4.78, 5) is 26.5. The van der Waals surface area contributed by atoms with Crippen LogP contribution in [0, 0.1) is 11.7 Å². The van der Waals surface area contributed by atoms with Gasteiger partial charge in [-0.1, -0.05) is 12.1 Å². The number of hydrogen-bond acceptors (Lipinski definition) is 7. The number of pyridine rings is 1. The predicted octanol–water partition coefficient (Wildman–Crippen LogP) is 5.45. The van der Waals surface area contributed by atoms with Gasteiger partial charge in [0.25, 0.3) is 5.91 Å². The zero-order chi connectivity index (χ0) is 32.4. The third-order valence-electron chi connectivity index (χ3n) is 9.15. The lowest BCUT2D eigenvalue weighted by molar-refractivity contribution is -0.138. The molecule has 1 saturated carbocycles. The van der Waals surface area contributed by atoms with Gasteiger partial charge in [-0.15, -0.1) is 0 Å². The molecule has 1 aliphatic carbocycles. The summed E-state index contributed by atoms with van der Waals surface area (Å²) in [6, 6.07) is 11.1. The zero-order valence-electron chi connectivity index (χ0n) is 26.2. The van der Waals surface area contributed by atoms with Crippen molar-refractivity contribution < 1.29 is 27.1 Å². The number of methoxy groups -OCH3 is 1. The van der Waals surface area contributed by atoms with Crippen molar-refractivity contribution in [2.24, 2.45) is 5.92 Å². The zero-order valence-corrected chi connectivity index (χ0v) is 26.2. The molecule has 3 fully saturated rings. The van der Waals surface area contributed by atoms with Crippen molar-refractivity contribution in [3.8, 4) is 17.0 Å². The number of carbonyl (C=O) groups excluding carboxylic acids is 1. The fourth-order valence-corrected chi connectivity index (χ4v) is 6.23. The number of rotatable bonds is 9. The summed E-state index contributed by atoms with van der Waals surface area (Å²) >= 11 is 0. The van der Waals surface area contributed by atoms with E-state index in [1.165, 1.54) is 32.6 Å². The number of carbonyl (C=O) groups is 1. The molecule has 0 atom stereocenters. The van der Waals surface area contributed by atoms with Crippen LogP contribution < -0.4 is 15.0 Å². The minimum Gasteiger partial charge on any atom is -0.481 e. The number of likely N-dealkylation sites (N-methyl/N-ethyl adjacent to an activating group) is 1. The predicted molar refractivity (Wildman–Crippen MR) is 170 cm³/mol. The fraction of sp³-hybridized carbons (Fsp3) is 0.471. The molecule has 0 bridgehead atoms. The highest BCUT2D eigenvalue weighted by Crippen LogP contribution is 2.37. The Bertz CT molecular complexity index is 1550. The summed E-state index contributed by atoms with van der Waals surface area (Å²) in [5, 5.41) is 2.71. The van der Waals surface area contributed by atoms with Crippen LogP contribution in [0.3, 0.4) is 0 Å². The maximum Gasteiger partial charge on any atom is 0.417 e. The summed E-state index contributed by atoms with van der Waals surface area (Å²) < 4.78 is 62.1. The lowest BCUT2D eigenvalue weighted by atomic mass is 10.00. The number of amides is 1. The van der Waals surface area contributed by atoms with Gasteiger partial charge in [-0.25, -0.2) is 9.37 Å². The monoisotopic (exact) mass is 640 g/mol. The number of halogens is 4. The number of nitrogens with one attached hydrogen (secondary N) is 1. The molecule has 1 aromatic heterocycles. The first-order valence-electron chi connectivity index (χ1n) is 15.8. The topological polar surface area (TPSA) is 64.2 Å². The van der Waals surface area contributed by atoms with Gasteiger partial charge in [0, 0.05) is 83.3 Å². The van der Waals surface area contributed by atoms with Crippen molar-refractivity contribution in [3.05, 3.63) is 71.2 Å². The van der Waals surface area contributed by atoms with Gasteiger partial charge in [0.2, 0.25) is 5.88 Å². The molecule has 2 aromatic carbocycles. The summed E-state index contributed by atoms with van der Waals surface area (Å²) in [6.45, 7) is 8.72. The Morgan fingerprint density at radius 3 is 2.35 bits per heavy atom. The quantitative estimate of drug-likeness (QED) is 0.313. The van der Waals surface area contributed by atoms with Crippen LogP contribution in [0.15, 0.2) is 48.7 Å². The Morgan fingerprint density at radius 2 is 1.67 bits per heavy atom. The highest BCUT2D eigenvalue weighted by atomic mass is 19.4. The van der Waals surface area contributed by atoms with Crippen LogP contribution >= 0.6 is 0 Å². The Labute approximate surface area is 266 Å². The van der Waals surface area contributed by atoms with Crippen molar-refractivity contribution in [1.82, 2.24) is 19.7 Å². The van der Waals surface area contributed by atoms with Crippen LogP contribution in [0.5, 0.6) is 5.88 Å². The standard InChI is InChI=1S/C34H40F4N6O2/c1-41-9-15-44(16-10-41)31-8-6-25(18-30(31)40-33(45)27-20-39-32(46-2)19-28(27)34(36,37)38)26-17-24(5-7-29(26)35)22-43-13-11-42(12-14-43)21-23-3-4-23/h5-8,17-20,23H,3-4,9-16,21-22H2,1-2H3,(H,40,45). The van der Waals surface area contributed by atoms with E-state index in [0.29, 0.717) is 48.2 Å². The van der Waals surface area contributed by atoms with Gasteiger partial charge < -0.3 is 24.8 Å². The van der Waals surface area contributed by atoms with Crippen molar-refractivity contribution in [1.29, 1.82) is 0 Å². The SMILES string of the molecule is COc1cc(C(F)(F)F)c(C(=O)Nc2cc(-c3cc(CN4CCN(CC5CC5)CC4)ccc3F)ccc2N2CCN(C)CC2)cn1. The molecule has 6 rings (SSSR count). The molecule has 1 N–H and O–H groups in total. The van der Waals surface area contributed by atoms with E-state index in [-0.39, 0.29) is 5.88 Å². The van der Waals surface area contributed by atoms with Gasteiger partial charge >= 0.3 is 6.18 Å². The molecule has 2 aliphatic heterocycles. The van der Waals surface area contributed by atoms with E-state index in [1.807, 2.05) is 13.1 Å². The van der Waals surface area contributed by atoms with Crippen LogP contribution in [0.25, 0.3) is 11.1 Å². The summed E-state index contributed by atoms with van der Waals surface area (Å²) in [6.07, 6.45) is -1.26. The molecule has 3 aliphatic rings. The van der Waals surface area contributed by atoms with Gasteiger partial charge in [-0.2, -0.15) is 13.2 Å². The number of alkyl halides is 3. The second-order valence-corrected chi connectivity index (χ2v) is 12.6. The third-order valence-corrected chi connectivity index (χ3v) is 9.15. The highest BCUT2D eigenvalue weighted by molar-refractivity contribution is 6.07. The van der Waals surface area contributed by atoms with E-state index >= 15 is 4.39 Å². The molecular weight excluding hydrogens is 600 g/mol. The van der Waals surface area contributed by atoms with E-state index in [0.717, 1.165) is 56.9 Å². The van der Waals surface area contributed by atoms with E-state index in [2.05, 4.69) is 29.9 Å². The molecule has 1 amide bonds. The molecule has 3 aromatic rings. The van der Waals surface area contributed by atoms with Gasteiger partial charge in [-0.05, 0) is 61.2 Å². The van der Waals surface area contributed by atoms with Crippen molar-refractivity contribution in [2.45, 2.75) is 25.6 Å². The average molecular weight is 641 g/mol. The molecule has 0 radical (unpaired) electrons. The Balaban J connectivity index is 1.27. The number of nitrogens with zero attached hydrogens (tertiary/aromatic N) is 5. The van der Waals surface area contributed by atoms with Gasteiger partial charge in [0.05, 0.1) is 29.6 Å². The van der Waals surface area contributed by atoms with E-state index in [1.54, 1.807) is 24.3 Å². The first kappa shape index (κ1) is 32.2. The minimum atomic E-state index is -4.81. The molecule has 0 spiro atoms. The van der Waals surface area contributed by atoms with Crippen LogP contribution in [0.1, 0.15) is 34.3 Å². The molecule has 12 heteroatoms. The van der Waals surface area contributed by atoms with E-state index in [9.17, 15) is 18.0 Å². The fourth-order valence-electron chi connectivity index (χ4n) is 6.23. The molecule has 0 unspecified atom stereocenters. The smallest absolute Gasteiger partial charge is 0.417 e. The minimum absolute atomic E-state index is 0.250. The summed E-state index contributed by atoms with van der Waals surface area (Å²) in [5.41, 5.74) is 1.03. The van der Waals surface area contributed by atoms with Crippen LogP contribution in [-0.4, -0.2) is 98.7 Å². The van der Waals surface area contributed by atoms with Crippen molar-refractivity contribution >= 4 is 17.3 Å². The largest absolute Gasteiger partial charge is 0.481 e. The van der Waals surface area contributed by atoms with Crippen LogP contribution in [0.4, 0.5) is 28.9 Å². The second kappa shape index (κ2) is 13.5. The number of benzene rings is 2. The summed E-state index contributed by atoms with van der Waals surface area (Å²) in [7, 11) is 3.22. The number of hydrogen-bond donors (Lipinski definition) is 1. The Hall–Kier alpha value is -3.74. The van der Waals surface area contributed by atoms with Crippen molar-refractivity contribution in [3.63, 3.8) is 0 Å². The molecule has 46 heavy (non-hydrogen) atoms. The molecule has 8 nitrogen and oxygen atoms in total. The van der Waals surface area contributed by atoms with Crippen LogP contribution in [-0.2, 0) is 12.7 Å². The Morgan fingerprint density at radius 1 is 0.957 bits per heavy atom. The van der Waals surface area contributed by atoms with E-state index in [4.69, 9.17) is 4.74 Å². The number of ether oxygens (including phenoxy) is 1. The van der Waals surface area contributed by atoms with Crippen LogP contribution in [0.2, 0.25) is 0 Å². The number of anilines is 2. The first-order chi connectivity index (χ1) is 22.1. The number of aromatic nitrogens is 1. The van der Waals surface area contributed by atoms with Gasteiger partial charge in [0.1, 0.15) is 5.82 Å². The average Bonchev–Trinajstić information content (AvgIpc) is 3.87. The lowest BCUT2D eigenvalue weighted by Crippen LogP contribution is -2.46. The Kier molecular flexibility index (Phi) is 9.49. The first-order valence-corrected chi connectivity index (χ1v) is 15.8. The summed E-state index contributed by atoms with van der Waals surface area (Å²) in [5.74, 6) is -0.769.